The second-order valence-corrected chi connectivity index (χ2v) is 12.6. The highest BCUT2D eigenvalue weighted by Crippen LogP contribution is 2.48. The fraction of sp³-hybridized carbons (Fsp3) is 0.212. The summed E-state index contributed by atoms with van der Waals surface area (Å²) in [5.41, 5.74) is 3.13. The molecule has 5 aromatic rings. The molecule has 0 N–H and O–H groups in total. The van der Waals surface area contributed by atoms with Gasteiger partial charge in [-0.25, -0.2) is 4.39 Å². The molecule has 0 bridgehead atoms. The fourth-order valence-corrected chi connectivity index (χ4v) is 8.71. The summed E-state index contributed by atoms with van der Waals surface area (Å²) in [5.74, 6) is -0.0747. The molecule has 7 nitrogen and oxygen atoms in total. The molecule has 1 saturated heterocycles. The van der Waals surface area contributed by atoms with Crippen molar-refractivity contribution in [2.75, 3.05) is 24.8 Å². The van der Waals surface area contributed by atoms with E-state index in [0.29, 0.717) is 24.5 Å². The number of amides is 1. The Bertz CT molecular complexity index is 1940. The van der Waals surface area contributed by atoms with Gasteiger partial charge in [0.15, 0.2) is 11.4 Å². The van der Waals surface area contributed by atoms with E-state index in [2.05, 4.69) is 28.6 Å². The summed E-state index contributed by atoms with van der Waals surface area (Å²) in [7, 11) is 0. The second kappa shape index (κ2) is 10.6. The maximum Gasteiger partial charge on any atom is 0.278 e. The lowest BCUT2D eigenvalue weighted by molar-refractivity contribution is -0.0199. The van der Waals surface area contributed by atoms with Crippen molar-refractivity contribution in [2.45, 2.75) is 29.5 Å². The van der Waals surface area contributed by atoms with Crippen LogP contribution in [-0.2, 0) is 17.1 Å². The van der Waals surface area contributed by atoms with Crippen LogP contribution in [0.1, 0.15) is 38.8 Å². The molecule has 10 heteroatoms. The van der Waals surface area contributed by atoms with Gasteiger partial charge in [0, 0.05) is 39.7 Å². The smallest absolute Gasteiger partial charge is 0.278 e. The fourth-order valence-electron chi connectivity index (χ4n) is 6.36. The average molecular weight is 612 g/mol. The summed E-state index contributed by atoms with van der Waals surface area (Å²) >= 11 is 3.31. The number of halogens is 1. The van der Waals surface area contributed by atoms with Crippen molar-refractivity contribution in [1.82, 2.24) is 9.58 Å². The first-order valence-electron chi connectivity index (χ1n) is 14.1. The van der Waals surface area contributed by atoms with Gasteiger partial charge in [-0.05, 0) is 39.6 Å². The minimum absolute atomic E-state index is 0.00249. The highest BCUT2D eigenvalue weighted by Gasteiger charge is 2.46. The van der Waals surface area contributed by atoms with Crippen LogP contribution in [0.15, 0.2) is 94.1 Å². The van der Waals surface area contributed by atoms with E-state index < -0.39 is 12.2 Å². The molecule has 43 heavy (non-hydrogen) atoms. The van der Waals surface area contributed by atoms with Crippen LogP contribution >= 0.6 is 23.1 Å². The average Bonchev–Trinajstić information content (AvgIpc) is 3.45. The van der Waals surface area contributed by atoms with Crippen molar-refractivity contribution >= 4 is 39.1 Å². The Kier molecular flexibility index (Phi) is 6.50. The zero-order chi connectivity index (χ0) is 29.1. The molecular formula is C33H26FN3O4S2. The number of morpholine rings is 1. The topological polar surface area (TPSA) is 64.0 Å². The lowest BCUT2D eigenvalue weighted by atomic mass is 9.93. The van der Waals surface area contributed by atoms with Crippen molar-refractivity contribution in [1.29, 1.82) is 0 Å². The number of pyridine rings is 1. The molecule has 0 radical (unpaired) electrons. The largest absolute Gasteiger partial charge is 0.482 e. The molecule has 3 aromatic carbocycles. The van der Waals surface area contributed by atoms with Gasteiger partial charge in [0.2, 0.25) is 5.43 Å². The summed E-state index contributed by atoms with van der Waals surface area (Å²) in [6.07, 6.45) is 1.14. The number of aromatic nitrogens is 1. The van der Waals surface area contributed by atoms with E-state index in [1.807, 2.05) is 36.4 Å². The Morgan fingerprint density at radius 2 is 1.86 bits per heavy atom. The van der Waals surface area contributed by atoms with Crippen molar-refractivity contribution in [3.8, 4) is 5.75 Å². The monoisotopic (exact) mass is 611 g/mol. The van der Waals surface area contributed by atoms with Gasteiger partial charge >= 0.3 is 0 Å². The third-order valence-electron chi connectivity index (χ3n) is 8.36. The Morgan fingerprint density at radius 3 is 2.74 bits per heavy atom. The van der Waals surface area contributed by atoms with E-state index in [9.17, 15) is 9.59 Å². The summed E-state index contributed by atoms with van der Waals surface area (Å²) in [5, 5.41) is 5.29. The van der Waals surface area contributed by atoms with Crippen LogP contribution in [0.5, 0.6) is 5.75 Å². The Morgan fingerprint density at radius 1 is 0.977 bits per heavy atom. The zero-order valence-corrected chi connectivity index (χ0v) is 24.6. The highest BCUT2D eigenvalue weighted by molar-refractivity contribution is 7.99. The quantitative estimate of drug-likeness (QED) is 0.251. The molecule has 0 saturated carbocycles. The summed E-state index contributed by atoms with van der Waals surface area (Å²) in [4.78, 5) is 30.3. The Hall–Kier alpha value is -4.12. The predicted molar refractivity (Wildman–Crippen MR) is 165 cm³/mol. The van der Waals surface area contributed by atoms with E-state index in [-0.39, 0.29) is 41.8 Å². The zero-order valence-electron chi connectivity index (χ0n) is 22.9. The van der Waals surface area contributed by atoms with E-state index in [0.717, 1.165) is 31.7 Å². The lowest BCUT2D eigenvalue weighted by Crippen LogP contribution is -2.66. The molecule has 2 atom stereocenters. The van der Waals surface area contributed by atoms with Gasteiger partial charge in [-0.2, -0.15) is 0 Å². The van der Waals surface area contributed by atoms with Gasteiger partial charge in [0.1, 0.15) is 18.6 Å². The molecule has 2 aromatic heterocycles. The molecule has 3 aliphatic rings. The number of ether oxygens (including phenoxy) is 2. The highest BCUT2D eigenvalue weighted by atomic mass is 32.2. The van der Waals surface area contributed by atoms with Crippen LogP contribution in [0.3, 0.4) is 0 Å². The second-order valence-electron chi connectivity index (χ2n) is 10.7. The number of carbonyl (C=O) groups is 1. The number of fused-ring (bicyclic) bond motifs is 6. The normalized spacial score (nSPS) is 19.3. The minimum atomic E-state index is -0.491. The maximum atomic E-state index is 15.6. The Labute approximate surface area is 255 Å². The number of hydrogen-bond donors (Lipinski definition) is 0. The van der Waals surface area contributed by atoms with E-state index >= 15 is 4.39 Å². The molecule has 0 unspecified atom stereocenters. The maximum absolute atomic E-state index is 15.6. The van der Waals surface area contributed by atoms with Crippen LogP contribution in [0, 0.1) is 5.82 Å². The summed E-state index contributed by atoms with van der Waals surface area (Å²) in [6.45, 7) is 1.14. The first kappa shape index (κ1) is 26.5. The van der Waals surface area contributed by atoms with Gasteiger partial charge in [-0.15, -0.1) is 23.1 Å². The van der Waals surface area contributed by atoms with E-state index in [1.54, 1.807) is 44.9 Å². The Balaban J connectivity index is 1.37. The van der Waals surface area contributed by atoms with E-state index in [4.69, 9.17) is 9.47 Å². The standard InChI is InChI=1S/C33H26FN3O4S2/c34-25-8-4-7-22-24(25)19-43-32-23(10-9-21-12-16-42-31(21)32)28(22)37-27-18-40-15-14-35(27)33(39)29-30(26(38)11-13-36(29)37)41-17-20-5-2-1-3-6-20/h1-13,16,27-28H,14-15,17-19H2/t27-,28-/m1/s1. The van der Waals surface area contributed by atoms with Crippen LogP contribution < -0.4 is 15.2 Å². The molecular weight excluding hydrogens is 586 g/mol. The number of thioether (sulfide) groups is 1. The number of benzene rings is 3. The van der Waals surface area contributed by atoms with Crippen molar-refractivity contribution < 1.29 is 18.7 Å². The predicted octanol–water partition coefficient (Wildman–Crippen LogP) is 5.93. The lowest BCUT2D eigenvalue weighted by Gasteiger charge is -2.51. The van der Waals surface area contributed by atoms with Gasteiger partial charge in [-0.1, -0.05) is 54.6 Å². The van der Waals surface area contributed by atoms with E-state index in [1.165, 1.54) is 12.1 Å². The molecule has 5 heterocycles. The number of carbonyl (C=O) groups excluding carboxylic acids is 1. The van der Waals surface area contributed by atoms with Crippen LogP contribution in [0.25, 0.3) is 10.1 Å². The third-order valence-corrected chi connectivity index (χ3v) is 10.6. The molecule has 3 aliphatic heterocycles. The van der Waals surface area contributed by atoms with Gasteiger partial charge in [0.05, 0.1) is 19.3 Å². The van der Waals surface area contributed by atoms with Gasteiger partial charge in [-0.3, -0.25) is 19.3 Å². The van der Waals surface area contributed by atoms with Crippen LogP contribution in [0.4, 0.5) is 4.39 Å². The number of hydrogen-bond acceptors (Lipinski definition) is 7. The van der Waals surface area contributed by atoms with Crippen molar-refractivity contribution in [3.63, 3.8) is 0 Å². The van der Waals surface area contributed by atoms with Crippen molar-refractivity contribution in [2.24, 2.45) is 0 Å². The first-order valence-corrected chi connectivity index (χ1v) is 16.0. The molecule has 0 spiro atoms. The molecule has 216 valence electrons. The van der Waals surface area contributed by atoms with Crippen LogP contribution in [0.2, 0.25) is 0 Å². The van der Waals surface area contributed by atoms with Crippen molar-refractivity contribution in [3.05, 3.63) is 128 Å². The number of rotatable bonds is 4. The molecule has 8 rings (SSSR count). The molecule has 1 fully saturated rings. The summed E-state index contributed by atoms with van der Waals surface area (Å²) < 4.78 is 30.5. The molecule has 1 amide bonds. The first-order chi connectivity index (χ1) is 21.1. The number of nitrogens with zero attached hydrogens (tertiary/aromatic N) is 3. The number of thiophene rings is 1. The minimum Gasteiger partial charge on any atom is -0.482 e. The third kappa shape index (κ3) is 4.27. The van der Waals surface area contributed by atoms with Gasteiger partial charge < -0.3 is 14.4 Å². The summed E-state index contributed by atoms with van der Waals surface area (Å²) in [6, 6.07) is 22.0. The SMILES string of the molecule is O=C1c2c(OCc3ccccc3)c(=O)ccn2N([C@@H]2c3cccc(F)c3CSc3c2ccc2ccsc32)[C@@H]2COCCN12. The van der Waals surface area contributed by atoms with Gasteiger partial charge in [0.25, 0.3) is 5.91 Å². The van der Waals surface area contributed by atoms with Crippen LogP contribution in [-0.4, -0.2) is 41.4 Å². The molecule has 0 aliphatic carbocycles.